The van der Waals surface area contributed by atoms with E-state index >= 15 is 0 Å². The summed E-state index contributed by atoms with van der Waals surface area (Å²) in [6, 6.07) is 9.96. The van der Waals surface area contributed by atoms with Crippen molar-refractivity contribution in [3.63, 3.8) is 0 Å². The normalized spacial score (nSPS) is 11.4. The van der Waals surface area contributed by atoms with Crippen LogP contribution in [0.15, 0.2) is 42.9 Å². The van der Waals surface area contributed by atoms with Crippen molar-refractivity contribution in [2.75, 3.05) is 5.32 Å². The first-order chi connectivity index (χ1) is 16.2. The number of benzene rings is 1. The van der Waals surface area contributed by atoms with Crippen molar-refractivity contribution < 1.29 is 4.79 Å². The Balaban J connectivity index is 1.43. The summed E-state index contributed by atoms with van der Waals surface area (Å²) < 4.78 is 0. The molecular formula is C25H29N7OS. The van der Waals surface area contributed by atoms with Crippen molar-refractivity contribution in [3.05, 3.63) is 69.6 Å². The van der Waals surface area contributed by atoms with Gasteiger partial charge in [-0.05, 0) is 30.5 Å². The number of rotatable bonds is 7. The molecule has 3 heterocycles. The number of aromatic amines is 1. The summed E-state index contributed by atoms with van der Waals surface area (Å²) in [5.41, 5.74) is 4.90. The van der Waals surface area contributed by atoms with E-state index < -0.39 is 0 Å². The molecule has 0 saturated heterocycles. The van der Waals surface area contributed by atoms with E-state index in [0.717, 1.165) is 45.3 Å². The van der Waals surface area contributed by atoms with Crippen LogP contribution < -0.4 is 10.6 Å². The minimum Gasteiger partial charge on any atom is -0.347 e. The molecule has 4 rings (SSSR count). The van der Waals surface area contributed by atoms with Gasteiger partial charge in [0.25, 0.3) is 5.91 Å². The molecule has 0 aliphatic carbocycles. The van der Waals surface area contributed by atoms with Crippen molar-refractivity contribution in [2.24, 2.45) is 0 Å². The second-order valence-electron chi connectivity index (χ2n) is 9.15. The zero-order chi connectivity index (χ0) is 24.3. The molecule has 8 nitrogen and oxygen atoms in total. The Kier molecular flexibility index (Phi) is 6.74. The number of thiazole rings is 1. The van der Waals surface area contributed by atoms with Gasteiger partial charge < -0.3 is 10.6 Å². The Labute approximate surface area is 203 Å². The van der Waals surface area contributed by atoms with E-state index in [1.54, 1.807) is 6.20 Å². The van der Waals surface area contributed by atoms with Crippen LogP contribution in [0.1, 0.15) is 59.2 Å². The molecular weight excluding hydrogens is 446 g/mol. The summed E-state index contributed by atoms with van der Waals surface area (Å²) in [6.45, 7) is 10.8. The van der Waals surface area contributed by atoms with Gasteiger partial charge in [0.2, 0.25) is 0 Å². The van der Waals surface area contributed by atoms with Crippen LogP contribution in [-0.4, -0.2) is 31.1 Å². The molecule has 0 fully saturated rings. The number of carbonyl (C=O) groups excluding carboxylic acids is 1. The van der Waals surface area contributed by atoms with Crippen molar-refractivity contribution >= 4 is 28.9 Å². The maximum Gasteiger partial charge on any atom is 0.263 e. The highest BCUT2D eigenvalue weighted by Crippen LogP contribution is 2.27. The topological polar surface area (TPSA) is 108 Å². The number of amides is 1. The number of anilines is 2. The van der Waals surface area contributed by atoms with E-state index in [1.165, 1.54) is 17.7 Å². The van der Waals surface area contributed by atoms with E-state index in [2.05, 4.69) is 69.5 Å². The fraction of sp³-hybridized carbons (Fsp3) is 0.320. The predicted octanol–water partition coefficient (Wildman–Crippen LogP) is 5.17. The Bertz CT molecular complexity index is 1300. The highest BCUT2D eigenvalue weighted by atomic mass is 32.1. The van der Waals surface area contributed by atoms with E-state index in [0.29, 0.717) is 17.2 Å². The number of aryl methyl sites for hydroxylation is 2. The monoisotopic (exact) mass is 475 g/mol. The van der Waals surface area contributed by atoms with Crippen LogP contribution in [0.3, 0.4) is 0 Å². The lowest BCUT2D eigenvalue weighted by atomic mass is 9.98. The number of hydrogen-bond donors (Lipinski definition) is 3. The Morgan fingerprint density at radius 2 is 1.91 bits per heavy atom. The first-order valence-corrected chi connectivity index (χ1v) is 12.0. The second-order valence-corrected chi connectivity index (χ2v) is 10.2. The number of nitrogens with zero attached hydrogens (tertiary/aromatic N) is 4. The largest absolute Gasteiger partial charge is 0.347 e. The second kappa shape index (κ2) is 9.72. The summed E-state index contributed by atoms with van der Waals surface area (Å²) in [5, 5.41) is 14.4. The average Bonchev–Trinajstić information content (AvgIpc) is 3.48. The molecule has 0 radical (unpaired) electrons. The van der Waals surface area contributed by atoms with Crippen LogP contribution in [0.5, 0.6) is 0 Å². The zero-order valence-corrected chi connectivity index (χ0v) is 20.9. The first kappa shape index (κ1) is 23.6. The lowest BCUT2D eigenvalue weighted by Crippen LogP contribution is -2.22. The Morgan fingerprint density at radius 1 is 1.09 bits per heavy atom. The van der Waals surface area contributed by atoms with Crippen LogP contribution in [-0.2, 0) is 18.4 Å². The summed E-state index contributed by atoms with van der Waals surface area (Å²) in [6.07, 6.45) is 4.08. The highest BCUT2D eigenvalue weighted by Gasteiger charge is 2.20. The summed E-state index contributed by atoms with van der Waals surface area (Å²) in [5.74, 6) is 1.29. The van der Waals surface area contributed by atoms with Crippen LogP contribution in [0, 0.1) is 6.92 Å². The lowest BCUT2D eigenvalue weighted by Gasteiger charge is -2.13. The quantitative estimate of drug-likeness (QED) is 0.340. The van der Waals surface area contributed by atoms with Crippen molar-refractivity contribution in [2.45, 2.75) is 53.0 Å². The third kappa shape index (κ3) is 5.48. The Hall–Kier alpha value is -3.59. The molecule has 0 aliphatic rings. The molecule has 0 atom stereocenters. The molecule has 176 valence electrons. The summed E-state index contributed by atoms with van der Waals surface area (Å²) in [4.78, 5) is 26.3. The SMILES string of the molecule is CCc1cc(Nc2cc(-c3ccc(CNC(=O)c4cnc(C(C)(C)C)s4)c(C)c3)ncn2)n[nH]1. The van der Waals surface area contributed by atoms with Gasteiger partial charge in [-0.15, -0.1) is 11.3 Å². The third-order valence-corrected chi connectivity index (χ3v) is 6.81. The van der Waals surface area contributed by atoms with Crippen LogP contribution in [0.2, 0.25) is 0 Å². The van der Waals surface area contributed by atoms with Crippen molar-refractivity contribution in [3.8, 4) is 11.3 Å². The molecule has 0 aliphatic heterocycles. The van der Waals surface area contributed by atoms with Gasteiger partial charge in [0.15, 0.2) is 5.82 Å². The third-order valence-electron chi connectivity index (χ3n) is 5.38. The highest BCUT2D eigenvalue weighted by molar-refractivity contribution is 7.13. The maximum absolute atomic E-state index is 12.6. The van der Waals surface area contributed by atoms with Crippen LogP contribution in [0.25, 0.3) is 11.3 Å². The summed E-state index contributed by atoms with van der Waals surface area (Å²) in [7, 11) is 0. The van der Waals surface area contributed by atoms with Gasteiger partial charge >= 0.3 is 0 Å². The molecule has 1 amide bonds. The van der Waals surface area contributed by atoms with Crippen LogP contribution >= 0.6 is 11.3 Å². The minimum atomic E-state index is -0.104. The Morgan fingerprint density at radius 3 is 2.59 bits per heavy atom. The molecule has 3 N–H and O–H groups in total. The van der Waals surface area contributed by atoms with Crippen molar-refractivity contribution in [1.29, 1.82) is 0 Å². The number of hydrogen-bond acceptors (Lipinski definition) is 7. The van der Waals surface area contributed by atoms with E-state index in [4.69, 9.17) is 0 Å². The molecule has 34 heavy (non-hydrogen) atoms. The average molecular weight is 476 g/mol. The van der Waals surface area contributed by atoms with E-state index in [9.17, 15) is 4.79 Å². The van der Waals surface area contributed by atoms with Crippen LogP contribution in [0.4, 0.5) is 11.6 Å². The smallest absolute Gasteiger partial charge is 0.263 e. The number of carbonyl (C=O) groups is 1. The molecule has 0 spiro atoms. The van der Waals surface area contributed by atoms with Gasteiger partial charge in [-0.2, -0.15) is 5.10 Å². The fourth-order valence-corrected chi connectivity index (χ4v) is 4.25. The molecule has 9 heteroatoms. The number of aromatic nitrogens is 5. The number of nitrogens with one attached hydrogen (secondary N) is 3. The van der Waals surface area contributed by atoms with Crippen molar-refractivity contribution in [1.82, 2.24) is 30.5 Å². The molecule has 1 aromatic carbocycles. The molecule has 3 aromatic heterocycles. The maximum atomic E-state index is 12.6. The van der Waals surface area contributed by atoms with E-state index in [-0.39, 0.29) is 11.3 Å². The molecule has 0 saturated carbocycles. The summed E-state index contributed by atoms with van der Waals surface area (Å²) >= 11 is 1.44. The molecule has 0 bridgehead atoms. The van der Waals surface area contributed by atoms with Gasteiger partial charge in [-0.25, -0.2) is 15.0 Å². The molecule has 4 aromatic rings. The standard InChI is InChI=1S/C25H29N7OS/c1-6-18-10-22(32-31-18)30-21-11-19(28-14-29-21)16-7-8-17(15(2)9-16)12-26-23(33)20-13-27-24(34-20)25(3,4)5/h7-11,13-14H,6,12H2,1-5H3,(H,26,33)(H2,28,29,30,31,32). The molecule has 0 unspecified atom stereocenters. The fourth-order valence-electron chi connectivity index (χ4n) is 3.36. The lowest BCUT2D eigenvalue weighted by molar-refractivity contribution is 0.0954. The van der Waals surface area contributed by atoms with Gasteiger partial charge in [0.1, 0.15) is 17.0 Å². The predicted molar refractivity (Wildman–Crippen MR) is 135 cm³/mol. The van der Waals surface area contributed by atoms with Gasteiger partial charge in [-0.1, -0.05) is 39.8 Å². The minimum absolute atomic E-state index is 0.0669. The first-order valence-electron chi connectivity index (χ1n) is 11.2. The van der Waals surface area contributed by atoms with Gasteiger partial charge in [-0.3, -0.25) is 9.89 Å². The van der Waals surface area contributed by atoms with Gasteiger partial charge in [0, 0.05) is 35.3 Å². The number of H-pyrrole nitrogens is 1. The van der Waals surface area contributed by atoms with E-state index in [1.807, 2.05) is 31.2 Å². The van der Waals surface area contributed by atoms with Gasteiger partial charge in [0.05, 0.1) is 16.9 Å². The zero-order valence-electron chi connectivity index (χ0n) is 20.1.